The van der Waals surface area contributed by atoms with E-state index in [-0.39, 0.29) is 45.7 Å². The number of hydrogen-bond acceptors (Lipinski definition) is 10. The molecule has 2 N–H and O–H groups in total. The van der Waals surface area contributed by atoms with Gasteiger partial charge in [-0.1, -0.05) is 96.6 Å². The fourth-order valence-corrected chi connectivity index (χ4v) is 6.75. The van der Waals surface area contributed by atoms with Gasteiger partial charge in [-0.2, -0.15) is 4.68 Å². The van der Waals surface area contributed by atoms with Gasteiger partial charge in [0.1, 0.15) is 11.5 Å². The number of carbonyl (C=O) groups is 1. The van der Waals surface area contributed by atoms with E-state index >= 15 is 4.39 Å². The van der Waals surface area contributed by atoms with Crippen LogP contribution in [-0.2, 0) is 28.8 Å². The predicted molar refractivity (Wildman–Crippen MR) is 211 cm³/mol. The molecule has 1 aromatic heterocycles. The molecule has 12 nitrogen and oxygen atoms in total. The summed E-state index contributed by atoms with van der Waals surface area (Å²) in [6.45, 7) is 16.1. The minimum atomic E-state index is -1.04. The SMILES string of the molecule is CCc1c(Oc2ccc(CSc3nnnn3-c3ccccc3)cc2[N+](=O)[O-])cc(NC(=O)C(C)Oc2ccc(CC(C)(C)C)cc2C(C)(C)CC)c(O)c1F. The van der Waals surface area contributed by atoms with Crippen molar-refractivity contribution in [2.24, 2.45) is 5.41 Å². The number of para-hydroxylation sites is 1. The number of rotatable bonds is 15. The molecule has 0 aliphatic carbocycles. The Bertz CT molecular complexity index is 2170. The highest BCUT2D eigenvalue weighted by atomic mass is 32.2. The number of carbonyl (C=O) groups excluding carboxylic acids is 1. The molecular weight excluding hydrogens is 724 g/mol. The summed E-state index contributed by atoms with van der Waals surface area (Å²) in [7, 11) is 0. The Morgan fingerprint density at radius 2 is 1.69 bits per heavy atom. The molecular formula is C41H47FN6O6S. The molecule has 4 aromatic carbocycles. The highest BCUT2D eigenvalue weighted by molar-refractivity contribution is 7.98. The second-order valence-electron chi connectivity index (χ2n) is 15.1. The highest BCUT2D eigenvalue weighted by Crippen LogP contribution is 2.42. The van der Waals surface area contributed by atoms with E-state index in [9.17, 15) is 20.0 Å². The number of nitro benzene ring substituents is 1. The van der Waals surface area contributed by atoms with Gasteiger partial charge in [0.2, 0.25) is 10.9 Å². The second-order valence-corrected chi connectivity index (χ2v) is 16.1. The van der Waals surface area contributed by atoms with Crippen molar-refractivity contribution in [3.63, 3.8) is 0 Å². The minimum absolute atomic E-state index is 0.0248. The van der Waals surface area contributed by atoms with Gasteiger partial charge in [-0.25, -0.2) is 4.39 Å². The molecule has 0 spiro atoms. The third-order valence-corrected chi connectivity index (χ3v) is 10.2. The molecule has 0 fully saturated rings. The van der Waals surface area contributed by atoms with E-state index in [1.54, 1.807) is 24.6 Å². The molecule has 5 aromatic rings. The van der Waals surface area contributed by atoms with Crippen LogP contribution in [-0.4, -0.2) is 42.2 Å². The fraction of sp³-hybridized carbons (Fsp3) is 0.366. The smallest absolute Gasteiger partial charge is 0.311 e. The molecule has 0 saturated heterocycles. The number of nitro groups is 1. The van der Waals surface area contributed by atoms with Gasteiger partial charge in [0.05, 0.1) is 16.3 Å². The number of aromatic nitrogens is 4. The second kappa shape index (κ2) is 16.9. The van der Waals surface area contributed by atoms with Crippen LogP contribution in [0.2, 0.25) is 0 Å². The first-order valence-electron chi connectivity index (χ1n) is 18.1. The average Bonchev–Trinajstić information content (AvgIpc) is 3.62. The number of ether oxygens (including phenoxy) is 2. The Morgan fingerprint density at radius 3 is 2.35 bits per heavy atom. The quantitative estimate of drug-likeness (QED) is 0.0455. The summed E-state index contributed by atoms with van der Waals surface area (Å²) >= 11 is 1.29. The number of anilines is 1. The standard InChI is InChI=1S/C41H47FN6O6S/c1-9-29-35(54-34-19-17-27(21-32(34)48(51)52)24-55-39-44-45-46-47(39)28-14-12-11-13-15-28)22-31(37(49)36(29)42)43-38(50)25(3)53-33-18-16-26(23-40(4,5)6)20-30(33)41(7,8)10-2/h11-22,25,49H,9-10,23-24H2,1-8H3,(H,43,50). The third-order valence-electron chi connectivity index (χ3n) is 9.23. The van der Waals surface area contributed by atoms with Gasteiger partial charge in [0, 0.05) is 29.0 Å². The molecule has 1 atom stereocenters. The predicted octanol–water partition coefficient (Wildman–Crippen LogP) is 9.74. The monoisotopic (exact) mass is 770 g/mol. The van der Waals surface area contributed by atoms with Gasteiger partial charge in [-0.15, -0.1) is 5.10 Å². The van der Waals surface area contributed by atoms with Gasteiger partial charge < -0.3 is 19.9 Å². The van der Waals surface area contributed by atoms with E-state index in [0.29, 0.717) is 22.2 Å². The average molecular weight is 771 g/mol. The maximum atomic E-state index is 15.6. The Kier molecular flexibility index (Phi) is 12.5. The molecule has 5 rings (SSSR count). The Hall–Kier alpha value is -5.50. The lowest BCUT2D eigenvalue weighted by Crippen LogP contribution is -2.31. The van der Waals surface area contributed by atoms with E-state index in [0.717, 1.165) is 29.7 Å². The number of halogens is 1. The maximum Gasteiger partial charge on any atom is 0.311 e. The molecule has 14 heteroatoms. The molecule has 290 valence electrons. The number of nitrogens with one attached hydrogen (secondary N) is 1. The van der Waals surface area contributed by atoms with Crippen LogP contribution in [0.4, 0.5) is 15.8 Å². The lowest BCUT2D eigenvalue weighted by Gasteiger charge is -2.29. The van der Waals surface area contributed by atoms with E-state index in [1.165, 1.54) is 30.0 Å². The molecule has 0 bridgehead atoms. The zero-order chi connectivity index (χ0) is 40.1. The Balaban J connectivity index is 1.36. The number of amides is 1. The van der Waals surface area contributed by atoms with Gasteiger partial charge in [0.15, 0.2) is 17.7 Å². The largest absolute Gasteiger partial charge is 0.503 e. The first-order chi connectivity index (χ1) is 26.0. The van der Waals surface area contributed by atoms with Crippen LogP contribution in [0, 0.1) is 21.3 Å². The number of nitrogens with zero attached hydrogens (tertiary/aromatic N) is 5. The van der Waals surface area contributed by atoms with E-state index in [2.05, 4.69) is 68.5 Å². The molecule has 0 aliphatic rings. The molecule has 1 heterocycles. The number of hydrogen-bond donors (Lipinski definition) is 2. The Morgan fingerprint density at radius 1 is 1.00 bits per heavy atom. The number of tetrazole rings is 1. The van der Waals surface area contributed by atoms with E-state index in [4.69, 9.17) is 9.47 Å². The van der Waals surface area contributed by atoms with Gasteiger partial charge in [-0.05, 0) is 82.8 Å². The van der Waals surface area contributed by atoms with Crippen LogP contribution >= 0.6 is 11.8 Å². The normalized spacial score (nSPS) is 12.3. The van der Waals surface area contributed by atoms with E-state index in [1.807, 2.05) is 42.5 Å². The number of aromatic hydroxyl groups is 1. The fourth-order valence-electron chi connectivity index (χ4n) is 5.92. The van der Waals surface area contributed by atoms with Crippen molar-refractivity contribution >= 4 is 29.0 Å². The molecule has 0 radical (unpaired) electrons. The molecule has 55 heavy (non-hydrogen) atoms. The van der Waals surface area contributed by atoms with Crippen LogP contribution in [0.5, 0.6) is 23.0 Å². The van der Waals surface area contributed by atoms with Crippen molar-refractivity contribution in [2.75, 3.05) is 5.32 Å². The number of phenolic OH excluding ortho intramolecular Hbond substituents is 1. The molecule has 0 saturated carbocycles. The number of phenols is 1. The van der Waals surface area contributed by atoms with Crippen LogP contribution in [0.15, 0.2) is 78.0 Å². The molecule has 1 amide bonds. The van der Waals surface area contributed by atoms with Crippen LogP contribution in [0.3, 0.4) is 0 Å². The van der Waals surface area contributed by atoms with Crippen molar-refractivity contribution in [1.82, 2.24) is 20.2 Å². The van der Waals surface area contributed by atoms with Crippen molar-refractivity contribution in [2.45, 2.75) is 97.1 Å². The van der Waals surface area contributed by atoms with Crippen molar-refractivity contribution in [3.8, 4) is 28.7 Å². The van der Waals surface area contributed by atoms with Crippen LogP contribution in [0.1, 0.15) is 84.1 Å². The zero-order valence-electron chi connectivity index (χ0n) is 32.3. The topological polar surface area (TPSA) is 155 Å². The van der Waals surface area contributed by atoms with Gasteiger partial charge in [0.25, 0.3) is 5.91 Å². The summed E-state index contributed by atoms with van der Waals surface area (Å²) in [5, 5.41) is 38.0. The van der Waals surface area contributed by atoms with Crippen LogP contribution < -0.4 is 14.8 Å². The first kappa shape index (κ1) is 40.7. The van der Waals surface area contributed by atoms with Gasteiger partial charge >= 0.3 is 5.69 Å². The Labute approximate surface area is 324 Å². The molecule has 0 aliphatic heterocycles. The van der Waals surface area contributed by atoms with Crippen LogP contribution in [0.25, 0.3) is 5.69 Å². The van der Waals surface area contributed by atoms with Crippen molar-refractivity contribution < 1.29 is 28.7 Å². The van der Waals surface area contributed by atoms with Crippen molar-refractivity contribution in [1.29, 1.82) is 0 Å². The third kappa shape index (κ3) is 9.79. The lowest BCUT2D eigenvalue weighted by molar-refractivity contribution is -0.385. The first-order valence-corrected chi connectivity index (χ1v) is 19.1. The van der Waals surface area contributed by atoms with Crippen molar-refractivity contribution in [3.05, 3.63) is 111 Å². The maximum absolute atomic E-state index is 15.6. The summed E-state index contributed by atoms with van der Waals surface area (Å²) in [6.07, 6.45) is 0.742. The van der Waals surface area contributed by atoms with E-state index < -0.39 is 28.5 Å². The minimum Gasteiger partial charge on any atom is -0.503 e. The lowest BCUT2D eigenvalue weighted by atomic mass is 9.79. The van der Waals surface area contributed by atoms with Gasteiger partial charge in [-0.3, -0.25) is 14.9 Å². The summed E-state index contributed by atoms with van der Waals surface area (Å²) in [6, 6.07) is 21.0. The molecule has 1 unspecified atom stereocenters. The zero-order valence-corrected chi connectivity index (χ0v) is 33.2. The summed E-state index contributed by atoms with van der Waals surface area (Å²) < 4.78 is 29.4. The summed E-state index contributed by atoms with van der Waals surface area (Å²) in [5.74, 6) is -1.84. The summed E-state index contributed by atoms with van der Waals surface area (Å²) in [5.41, 5.74) is 2.66. The highest BCUT2D eigenvalue weighted by Gasteiger charge is 2.28. The number of thioether (sulfide) groups is 1. The summed E-state index contributed by atoms with van der Waals surface area (Å²) in [4.78, 5) is 25.1. The number of benzene rings is 4.